The van der Waals surface area contributed by atoms with E-state index in [0.29, 0.717) is 19.5 Å². The first kappa shape index (κ1) is 19.2. The Morgan fingerprint density at radius 1 is 1.28 bits per heavy atom. The highest BCUT2D eigenvalue weighted by Crippen LogP contribution is 2.17. The molecule has 6 nitrogen and oxygen atoms in total. The molecule has 0 aliphatic carbocycles. The van der Waals surface area contributed by atoms with E-state index in [1.54, 1.807) is 21.0 Å². The van der Waals surface area contributed by atoms with E-state index in [1.165, 1.54) is 0 Å². The van der Waals surface area contributed by atoms with Gasteiger partial charge in [-0.05, 0) is 50.8 Å². The van der Waals surface area contributed by atoms with Gasteiger partial charge in [0.1, 0.15) is 11.2 Å². The number of methoxy groups -OCH3 is 1. The van der Waals surface area contributed by atoms with Crippen LogP contribution in [0.5, 0.6) is 5.75 Å². The van der Waals surface area contributed by atoms with Crippen LogP contribution in [-0.2, 0) is 20.7 Å². The molecule has 2 amide bonds. The van der Waals surface area contributed by atoms with E-state index < -0.39 is 5.41 Å². The molecular formula is C19H28N2O4. The largest absolute Gasteiger partial charge is 0.497 e. The maximum absolute atomic E-state index is 12.4. The fourth-order valence-electron chi connectivity index (χ4n) is 2.71. The maximum atomic E-state index is 12.4. The highest BCUT2D eigenvalue weighted by atomic mass is 16.5. The second kappa shape index (κ2) is 8.85. The number of amides is 2. The van der Waals surface area contributed by atoms with Crippen molar-refractivity contribution in [3.63, 3.8) is 0 Å². The summed E-state index contributed by atoms with van der Waals surface area (Å²) in [6, 6.07) is 7.71. The zero-order valence-electron chi connectivity index (χ0n) is 15.3. The Balaban J connectivity index is 1.77. The standard InChI is InChI=1S/C19H28N2O4/c1-19(2,18(23)21-13-16-8-5-11-25-16)17(22)20-10-9-14-6-4-7-15(12-14)24-3/h4,6-7,12,16H,5,8-11,13H2,1-3H3,(H,20,22)(H,21,23). The van der Waals surface area contributed by atoms with Gasteiger partial charge in [0.05, 0.1) is 13.2 Å². The third-order valence-corrected chi connectivity index (χ3v) is 4.48. The zero-order valence-corrected chi connectivity index (χ0v) is 15.3. The van der Waals surface area contributed by atoms with Crippen molar-refractivity contribution in [2.24, 2.45) is 5.41 Å². The van der Waals surface area contributed by atoms with Crippen molar-refractivity contribution in [1.29, 1.82) is 0 Å². The van der Waals surface area contributed by atoms with Gasteiger partial charge >= 0.3 is 0 Å². The molecule has 1 aliphatic heterocycles. The first-order valence-corrected chi connectivity index (χ1v) is 8.74. The monoisotopic (exact) mass is 348 g/mol. The molecule has 1 aromatic rings. The molecule has 2 rings (SSSR count). The molecule has 0 bridgehead atoms. The molecule has 1 aliphatic rings. The lowest BCUT2D eigenvalue weighted by Crippen LogP contribution is -2.49. The third-order valence-electron chi connectivity index (χ3n) is 4.48. The molecule has 1 saturated heterocycles. The highest BCUT2D eigenvalue weighted by molar-refractivity contribution is 6.04. The van der Waals surface area contributed by atoms with Crippen molar-refractivity contribution >= 4 is 11.8 Å². The number of benzene rings is 1. The summed E-state index contributed by atoms with van der Waals surface area (Å²) < 4.78 is 10.7. The lowest BCUT2D eigenvalue weighted by atomic mass is 9.91. The number of hydrogen-bond donors (Lipinski definition) is 2. The van der Waals surface area contributed by atoms with Crippen LogP contribution >= 0.6 is 0 Å². The van der Waals surface area contributed by atoms with Gasteiger partial charge in [0.15, 0.2) is 0 Å². The van der Waals surface area contributed by atoms with Crippen molar-refractivity contribution in [2.45, 2.75) is 39.2 Å². The predicted molar refractivity (Wildman–Crippen MR) is 95.5 cm³/mol. The van der Waals surface area contributed by atoms with Gasteiger partial charge in [-0.25, -0.2) is 0 Å². The van der Waals surface area contributed by atoms with Crippen LogP contribution in [0.25, 0.3) is 0 Å². The molecule has 6 heteroatoms. The fraction of sp³-hybridized carbons (Fsp3) is 0.579. The quantitative estimate of drug-likeness (QED) is 0.701. The second-order valence-corrected chi connectivity index (χ2v) is 6.83. The molecule has 0 radical (unpaired) electrons. The SMILES string of the molecule is COc1cccc(CCNC(=O)C(C)(C)C(=O)NCC2CCCO2)c1. The maximum Gasteiger partial charge on any atom is 0.235 e. The van der Waals surface area contributed by atoms with Crippen LogP contribution < -0.4 is 15.4 Å². The number of carbonyl (C=O) groups excluding carboxylic acids is 2. The Hall–Kier alpha value is -2.08. The zero-order chi connectivity index (χ0) is 18.3. The summed E-state index contributed by atoms with van der Waals surface area (Å²) in [6.07, 6.45) is 2.72. The third kappa shape index (κ3) is 5.46. The molecule has 1 atom stereocenters. The highest BCUT2D eigenvalue weighted by Gasteiger charge is 2.36. The number of carbonyl (C=O) groups is 2. The summed E-state index contributed by atoms with van der Waals surface area (Å²) in [5.74, 6) is 0.236. The molecule has 2 N–H and O–H groups in total. The van der Waals surface area contributed by atoms with Gasteiger partial charge in [-0.3, -0.25) is 9.59 Å². The molecule has 0 saturated carbocycles. The first-order chi connectivity index (χ1) is 11.9. The molecule has 25 heavy (non-hydrogen) atoms. The van der Waals surface area contributed by atoms with E-state index in [2.05, 4.69) is 10.6 Å². The van der Waals surface area contributed by atoms with E-state index >= 15 is 0 Å². The van der Waals surface area contributed by atoms with E-state index in [1.807, 2.05) is 24.3 Å². The lowest BCUT2D eigenvalue weighted by molar-refractivity contribution is -0.141. The van der Waals surface area contributed by atoms with Crippen molar-refractivity contribution in [3.05, 3.63) is 29.8 Å². The Kier molecular flexibility index (Phi) is 6.82. The minimum absolute atomic E-state index is 0.0656. The van der Waals surface area contributed by atoms with Crippen molar-refractivity contribution in [3.8, 4) is 5.75 Å². The van der Waals surface area contributed by atoms with Gasteiger partial charge in [0.25, 0.3) is 0 Å². The number of nitrogens with one attached hydrogen (secondary N) is 2. The van der Waals surface area contributed by atoms with E-state index in [0.717, 1.165) is 30.8 Å². The van der Waals surface area contributed by atoms with Crippen LogP contribution in [-0.4, -0.2) is 44.7 Å². The molecule has 1 unspecified atom stereocenters. The van der Waals surface area contributed by atoms with Crippen LogP contribution in [0, 0.1) is 5.41 Å². The summed E-state index contributed by atoms with van der Waals surface area (Å²) in [6.45, 7) is 4.94. The fourth-order valence-corrected chi connectivity index (χ4v) is 2.71. The topological polar surface area (TPSA) is 76.7 Å². The van der Waals surface area contributed by atoms with E-state index in [9.17, 15) is 9.59 Å². The number of ether oxygens (including phenoxy) is 2. The van der Waals surface area contributed by atoms with Crippen LogP contribution in [0.1, 0.15) is 32.3 Å². The first-order valence-electron chi connectivity index (χ1n) is 8.74. The predicted octanol–water partition coefficient (Wildman–Crippen LogP) is 1.68. The van der Waals surface area contributed by atoms with Crippen molar-refractivity contribution in [2.75, 3.05) is 26.8 Å². The van der Waals surface area contributed by atoms with Gasteiger partial charge < -0.3 is 20.1 Å². The van der Waals surface area contributed by atoms with Crippen LogP contribution in [0.15, 0.2) is 24.3 Å². The minimum Gasteiger partial charge on any atom is -0.497 e. The van der Waals surface area contributed by atoms with Gasteiger partial charge in [-0.1, -0.05) is 12.1 Å². The Morgan fingerprint density at radius 3 is 2.72 bits per heavy atom. The average molecular weight is 348 g/mol. The van der Waals surface area contributed by atoms with Gasteiger partial charge in [-0.2, -0.15) is 0 Å². The van der Waals surface area contributed by atoms with Gasteiger partial charge in [0, 0.05) is 19.7 Å². The molecule has 1 fully saturated rings. The Morgan fingerprint density at radius 2 is 2.04 bits per heavy atom. The average Bonchev–Trinajstić information content (AvgIpc) is 3.13. The Labute approximate surface area is 149 Å². The summed E-state index contributed by atoms with van der Waals surface area (Å²) in [5, 5.41) is 5.67. The minimum atomic E-state index is -1.12. The molecule has 1 heterocycles. The van der Waals surface area contributed by atoms with Crippen LogP contribution in [0.3, 0.4) is 0 Å². The summed E-state index contributed by atoms with van der Waals surface area (Å²) in [7, 11) is 1.62. The molecule has 0 aromatic heterocycles. The smallest absolute Gasteiger partial charge is 0.235 e. The normalized spacial score (nSPS) is 17.2. The van der Waals surface area contributed by atoms with Crippen molar-refractivity contribution in [1.82, 2.24) is 10.6 Å². The molecule has 138 valence electrons. The van der Waals surface area contributed by atoms with Gasteiger partial charge in [-0.15, -0.1) is 0 Å². The van der Waals surface area contributed by atoms with Crippen LogP contribution in [0.2, 0.25) is 0 Å². The summed E-state index contributed by atoms with van der Waals surface area (Å²) in [5.41, 5.74) is -0.0484. The van der Waals surface area contributed by atoms with Gasteiger partial charge in [0.2, 0.25) is 11.8 Å². The summed E-state index contributed by atoms with van der Waals surface area (Å²) >= 11 is 0. The van der Waals surface area contributed by atoms with Crippen molar-refractivity contribution < 1.29 is 19.1 Å². The molecular weight excluding hydrogens is 320 g/mol. The molecule has 1 aromatic carbocycles. The molecule has 0 spiro atoms. The number of rotatable bonds is 8. The van der Waals surface area contributed by atoms with E-state index in [4.69, 9.17) is 9.47 Å². The lowest BCUT2D eigenvalue weighted by Gasteiger charge is -2.23. The second-order valence-electron chi connectivity index (χ2n) is 6.83. The van der Waals surface area contributed by atoms with Crippen LogP contribution in [0.4, 0.5) is 0 Å². The summed E-state index contributed by atoms with van der Waals surface area (Å²) in [4.78, 5) is 24.7. The Bertz CT molecular complexity index is 595. The number of hydrogen-bond acceptors (Lipinski definition) is 4. The van der Waals surface area contributed by atoms with E-state index in [-0.39, 0.29) is 17.9 Å².